The van der Waals surface area contributed by atoms with Gasteiger partial charge in [0.15, 0.2) is 0 Å². The molecule has 0 atom stereocenters. The van der Waals surface area contributed by atoms with Gasteiger partial charge < -0.3 is 16.8 Å². The Morgan fingerprint density at radius 1 is 1.06 bits per heavy atom. The van der Waals surface area contributed by atoms with Gasteiger partial charge >= 0.3 is 0 Å². The van der Waals surface area contributed by atoms with Crippen LogP contribution in [-0.2, 0) is 0 Å². The van der Waals surface area contributed by atoms with Crippen molar-refractivity contribution in [3.63, 3.8) is 0 Å². The van der Waals surface area contributed by atoms with E-state index in [2.05, 4.69) is 28.3 Å². The Hall–Kier alpha value is -2.30. The van der Waals surface area contributed by atoms with Crippen LogP contribution in [0.1, 0.15) is 11.1 Å². The van der Waals surface area contributed by atoms with Crippen LogP contribution in [0.2, 0.25) is 0 Å². The zero-order valence-electron chi connectivity index (χ0n) is 9.86. The first-order valence-electron chi connectivity index (χ1n) is 5.29. The van der Waals surface area contributed by atoms with Crippen molar-refractivity contribution >= 4 is 23.3 Å². The van der Waals surface area contributed by atoms with Gasteiger partial charge in [0.1, 0.15) is 11.6 Å². The molecule has 0 saturated heterocycles. The number of rotatable bonds is 2. The topological polar surface area (TPSA) is 89.8 Å². The molecule has 1 heterocycles. The number of anilines is 4. The molecule has 88 valence electrons. The lowest BCUT2D eigenvalue weighted by molar-refractivity contribution is 1.19. The Balaban J connectivity index is 2.31. The molecule has 1 aromatic carbocycles. The molecule has 2 rings (SSSR count). The van der Waals surface area contributed by atoms with Crippen molar-refractivity contribution in [2.75, 3.05) is 16.8 Å². The highest BCUT2D eigenvalue weighted by Crippen LogP contribution is 2.21. The van der Waals surface area contributed by atoms with Crippen molar-refractivity contribution < 1.29 is 0 Å². The molecular formula is C12H15N5. The fourth-order valence-corrected chi connectivity index (χ4v) is 1.64. The normalized spacial score (nSPS) is 10.2. The molecule has 0 bridgehead atoms. The molecule has 0 unspecified atom stereocenters. The zero-order chi connectivity index (χ0) is 12.4. The number of aromatic nitrogens is 2. The largest absolute Gasteiger partial charge is 0.383 e. The third-order valence-corrected chi connectivity index (χ3v) is 2.41. The van der Waals surface area contributed by atoms with Gasteiger partial charge in [-0.3, -0.25) is 0 Å². The van der Waals surface area contributed by atoms with Gasteiger partial charge in [0.25, 0.3) is 0 Å². The number of benzene rings is 1. The second-order valence-electron chi connectivity index (χ2n) is 3.98. The second-order valence-corrected chi connectivity index (χ2v) is 3.98. The van der Waals surface area contributed by atoms with E-state index >= 15 is 0 Å². The fraction of sp³-hybridized carbons (Fsp3) is 0.167. The van der Waals surface area contributed by atoms with E-state index in [1.165, 1.54) is 5.56 Å². The number of nitrogens with zero attached hydrogens (tertiary/aromatic N) is 2. The molecule has 0 aliphatic carbocycles. The maximum atomic E-state index is 5.60. The summed E-state index contributed by atoms with van der Waals surface area (Å²) in [5.41, 5.74) is 14.5. The molecule has 1 aromatic heterocycles. The molecular weight excluding hydrogens is 214 g/mol. The lowest BCUT2D eigenvalue weighted by Gasteiger charge is -2.10. The molecule has 2 aromatic rings. The fourth-order valence-electron chi connectivity index (χ4n) is 1.64. The van der Waals surface area contributed by atoms with Gasteiger partial charge in [-0.1, -0.05) is 17.7 Å². The smallest absolute Gasteiger partial charge is 0.223 e. The van der Waals surface area contributed by atoms with Crippen LogP contribution in [0.4, 0.5) is 23.3 Å². The predicted molar refractivity (Wildman–Crippen MR) is 70.1 cm³/mol. The summed E-state index contributed by atoms with van der Waals surface area (Å²) >= 11 is 0. The van der Waals surface area contributed by atoms with E-state index in [0.717, 1.165) is 11.3 Å². The number of hydrogen-bond acceptors (Lipinski definition) is 5. The molecule has 0 aliphatic rings. The Labute approximate surface area is 99.9 Å². The molecule has 5 nitrogen and oxygen atoms in total. The SMILES string of the molecule is Cc1ccc(Nc2cc(N)nc(N)n2)c(C)c1. The van der Waals surface area contributed by atoms with Crippen LogP contribution in [-0.4, -0.2) is 9.97 Å². The van der Waals surface area contributed by atoms with E-state index in [1.807, 2.05) is 19.1 Å². The van der Waals surface area contributed by atoms with Gasteiger partial charge in [0, 0.05) is 11.8 Å². The van der Waals surface area contributed by atoms with Gasteiger partial charge in [-0.2, -0.15) is 9.97 Å². The quantitative estimate of drug-likeness (QED) is 0.732. The molecule has 17 heavy (non-hydrogen) atoms. The van der Waals surface area contributed by atoms with E-state index in [9.17, 15) is 0 Å². The van der Waals surface area contributed by atoms with Crippen molar-refractivity contribution in [3.05, 3.63) is 35.4 Å². The summed E-state index contributed by atoms with van der Waals surface area (Å²) in [7, 11) is 0. The first-order chi connectivity index (χ1) is 8.04. The van der Waals surface area contributed by atoms with Crippen LogP contribution < -0.4 is 16.8 Å². The number of aryl methyl sites for hydroxylation is 2. The van der Waals surface area contributed by atoms with Gasteiger partial charge in [-0.25, -0.2) is 0 Å². The summed E-state index contributed by atoms with van der Waals surface area (Å²) in [5, 5.41) is 3.17. The first kappa shape index (κ1) is 11.2. The minimum absolute atomic E-state index is 0.164. The first-order valence-corrected chi connectivity index (χ1v) is 5.29. The summed E-state index contributed by atoms with van der Waals surface area (Å²) in [6.07, 6.45) is 0. The molecule has 0 saturated carbocycles. The van der Waals surface area contributed by atoms with Crippen LogP contribution >= 0.6 is 0 Å². The molecule has 0 aliphatic heterocycles. The van der Waals surface area contributed by atoms with E-state index in [4.69, 9.17) is 11.5 Å². The molecule has 5 N–H and O–H groups in total. The standard InChI is InChI=1S/C12H15N5/c1-7-3-4-9(8(2)5-7)15-11-6-10(13)16-12(14)17-11/h3-6H,1-2H3,(H5,13,14,15,16,17). The third-order valence-electron chi connectivity index (χ3n) is 2.41. The average molecular weight is 229 g/mol. The third kappa shape index (κ3) is 2.63. The van der Waals surface area contributed by atoms with Crippen molar-refractivity contribution in [2.45, 2.75) is 13.8 Å². The van der Waals surface area contributed by atoms with Crippen LogP contribution in [0.3, 0.4) is 0 Å². The molecule has 0 fully saturated rings. The Bertz CT molecular complexity index is 530. The number of nitrogens with two attached hydrogens (primary N) is 2. The number of nitrogen functional groups attached to an aromatic ring is 2. The average Bonchev–Trinajstić information content (AvgIpc) is 2.21. The highest BCUT2D eigenvalue weighted by molar-refractivity contribution is 5.63. The predicted octanol–water partition coefficient (Wildman–Crippen LogP) is 2.00. The molecule has 5 heteroatoms. The number of hydrogen-bond donors (Lipinski definition) is 3. The Morgan fingerprint density at radius 2 is 1.82 bits per heavy atom. The van der Waals surface area contributed by atoms with Gasteiger partial charge in [-0.15, -0.1) is 0 Å². The maximum Gasteiger partial charge on any atom is 0.223 e. The van der Waals surface area contributed by atoms with Gasteiger partial charge in [-0.05, 0) is 25.5 Å². The highest BCUT2D eigenvalue weighted by atomic mass is 15.1. The van der Waals surface area contributed by atoms with E-state index < -0.39 is 0 Å². The zero-order valence-corrected chi connectivity index (χ0v) is 9.86. The van der Waals surface area contributed by atoms with Gasteiger partial charge in [0.2, 0.25) is 5.95 Å². The minimum Gasteiger partial charge on any atom is -0.383 e. The van der Waals surface area contributed by atoms with Crippen LogP contribution in [0.5, 0.6) is 0 Å². The number of nitrogens with one attached hydrogen (secondary N) is 1. The van der Waals surface area contributed by atoms with E-state index in [1.54, 1.807) is 6.07 Å². The lowest BCUT2D eigenvalue weighted by Crippen LogP contribution is -2.03. The molecule has 0 amide bonds. The second kappa shape index (κ2) is 4.29. The van der Waals surface area contributed by atoms with Gasteiger partial charge in [0.05, 0.1) is 0 Å². The highest BCUT2D eigenvalue weighted by Gasteiger charge is 2.02. The molecule has 0 radical (unpaired) electrons. The van der Waals surface area contributed by atoms with E-state index in [-0.39, 0.29) is 5.95 Å². The van der Waals surface area contributed by atoms with Crippen molar-refractivity contribution in [1.82, 2.24) is 9.97 Å². The van der Waals surface area contributed by atoms with Crippen LogP contribution in [0.15, 0.2) is 24.3 Å². The lowest BCUT2D eigenvalue weighted by atomic mass is 10.1. The minimum atomic E-state index is 0.164. The summed E-state index contributed by atoms with van der Waals surface area (Å²) in [6.45, 7) is 4.08. The summed E-state index contributed by atoms with van der Waals surface area (Å²) in [4.78, 5) is 7.89. The van der Waals surface area contributed by atoms with E-state index in [0.29, 0.717) is 11.6 Å². The Morgan fingerprint density at radius 3 is 2.47 bits per heavy atom. The maximum absolute atomic E-state index is 5.60. The van der Waals surface area contributed by atoms with Crippen molar-refractivity contribution in [3.8, 4) is 0 Å². The van der Waals surface area contributed by atoms with Crippen LogP contribution in [0, 0.1) is 13.8 Å². The monoisotopic (exact) mass is 229 g/mol. The summed E-state index contributed by atoms with van der Waals surface area (Å²) < 4.78 is 0. The summed E-state index contributed by atoms with van der Waals surface area (Å²) in [6, 6.07) is 7.77. The van der Waals surface area contributed by atoms with Crippen molar-refractivity contribution in [1.29, 1.82) is 0 Å². The summed E-state index contributed by atoms with van der Waals surface area (Å²) in [5.74, 6) is 1.11. The molecule has 0 spiro atoms. The van der Waals surface area contributed by atoms with Crippen molar-refractivity contribution in [2.24, 2.45) is 0 Å². The Kier molecular flexibility index (Phi) is 2.82. The van der Waals surface area contributed by atoms with Crippen LogP contribution in [0.25, 0.3) is 0 Å².